The lowest BCUT2D eigenvalue weighted by molar-refractivity contribution is 1.18. The summed E-state index contributed by atoms with van der Waals surface area (Å²) in [4.78, 5) is 18.1. The normalized spacial score (nSPS) is 12.8. The first-order valence-electron chi connectivity index (χ1n) is 7.79. The fourth-order valence-electron chi connectivity index (χ4n) is 2.74. The van der Waals surface area contributed by atoms with Gasteiger partial charge >= 0.3 is 0 Å². The second-order valence-corrected chi connectivity index (χ2v) is 6.87. The molecule has 0 amide bonds. The third-order valence-corrected chi connectivity index (χ3v) is 5.18. The van der Waals surface area contributed by atoms with Crippen LogP contribution >= 0.6 is 11.3 Å². The smallest absolute Gasteiger partial charge is 0.267 e. The Morgan fingerprint density at radius 1 is 1.08 bits per heavy atom. The van der Waals surface area contributed by atoms with Gasteiger partial charge in [-0.1, -0.05) is 53.8 Å². The largest absolute Gasteiger partial charge is 0.274 e. The van der Waals surface area contributed by atoms with E-state index < -0.39 is 0 Å². The van der Waals surface area contributed by atoms with Crippen LogP contribution in [0.25, 0.3) is 28.1 Å². The molecule has 0 aliphatic carbocycles. The van der Waals surface area contributed by atoms with Crippen molar-refractivity contribution in [2.45, 2.75) is 13.8 Å². The predicted molar refractivity (Wildman–Crippen MR) is 101 cm³/mol. The van der Waals surface area contributed by atoms with Crippen LogP contribution in [0.4, 0.5) is 0 Å². The Morgan fingerprint density at radius 3 is 2.62 bits per heavy atom. The van der Waals surface area contributed by atoms with Crippen molar-refractivity contribution in [1.82, 2.24) is 9.38 Å². The number of imidazole rings is 1. The number of hydrogen-bond donors (Lipinski definition) is 0. The van der Waals surface area contributed by atoms with Gasteiger partial charge in [0.2, 0.25) is 0 Å². The van der Waals surface area contributed by atoms with E-state index in [0.29, 0.717) is 4.53 Å². The first-order valence-corrected chi connectivity index (χ1v) is 8.61. The standard InChI is InChI=1S/C20H16N2OS/c1-13-11-16-17(12-14(13)2)22-19(23)18(24-20(22)21-16)10-6-9-15-7-4-3-5-8-15/h3-12H,1-2H3/b9-6+,18-10-. The van der Waals surface area contributed by atoms with Gasteiger partial charge in [0.25, 0.3) is 5.56 Å². The van der Waals surface area contributed by atoms with E-state index in [1.165, 1.54) is 22.5 Å². The number of hydrogen-bond acceptors (Lipinski definition) is 3. The summed E-state index contributed by atoms with van der Waals surface area (Å²) in [5.41, 5.74) is 5.24. The van der Waals surface area contributed by atoms with Crippen molar-refractivity contribution in [3.8, 4) is 0 Å². The Morgan fingerprint density at radius 2 is 1.83 bits per heavy atom. The summed E-state index contributed by atoms with van der Waals surface area (Å²) in [6.45, 7) is 4.12. The summed E-state index contributed by atoms with van der Waals surface area (Å²) in [5, 5.41) is 0. The molecule has 0 aliphatic heterocycles. The molecule has 0 atom stereocenters. The van der Waals surface area contributed by atoms with Crippen LogP contribution in [0.1, 0.15) is 16.7 Å². The van der Waals surface area contributed by atoms with Gasteiger partial charge in [-0.25, -0.2) is 9.38 Å². The lowest BCUT2D eigenvalue weighted by Gasteiger charge is -1.98. The fourth-order valence-corrected chi connectivity index (χ4v) is 3.68. The molecule has 2 heterocycles. The van der Waals surface area contributed by atoms with Crippen LogP contribution in [0.15, 0.2) is 53.3 Å². The summed E-state index contributed by atoms with van der Waals surface area (Å²) in [6, 6.07) is 14.1. The van der Waals surface area contributed by atoms with E-state index in [4.69, 9.17) is 0 Å². The van der Waals surface area contributed by atoms with Gasteiger partial charge in [-0.05, 0) is 48.7 Å². The SMILES string of the molecule is Cc1cc2nc3s/c(=C\C=C\c4ccccc4)c(=O)n3c2cc1C. The summed E-state index contributed by atoms with van der Waals surface area (Å²) in [6.07, 6.45) is 5.77. The average Bonchev–Trinajstić information content (AvgIpc) is 3.06. The van der Waals surface area contributed by atoms with Crippen LogP contribution < -0.4 is 10.1 Å². The number of allylic oxidation sites excluding steroid dienone is 1. The molecule has 4 heteroatoms. The third-order valence-electron chi connectivity index (χ3n) is 4.19. The van der Waals surface area contributed by atoms with Crippen molar-refractivity contribution in [3.63, 3.8) is 0 Å². The summed E-state index contributed by atoms with van der Waals surface area (Å²) >= 11 is 1.43. The summed E-state index contributed by atoms with van der Waals surface area (Å²) < 4.78 is 2.42. The second-order valence-electron chi connectivity index (χ2n) is 5.86. The quantitative estimate of drug-likeness (QED) is 0.560. The molecular weight excluding hydrogens is 316 g/mol. The molecule has 0 fully saturated rings. The molecule has 0 N–H and O–H groups in total. The molecule has 0 radical (unpaired) electrons. The van der Waals surface area contributed by atoms with Crippen LogP contribution in [0.5, 0.6) is 0 Å². The lowest BCUT2D eigenvalue weighted by atomic mass is 10.1. The minimum Gasteiger partial charge on any atom is -0.267 e. The van der Waals surface area contributed by atoms with Crippen molar-refractivity contribution in [1.29, 1.82) is 0 Å². The Labute approximate surface area is 143 Å². The zero-order chi connectivity index (χ0) is 16.7. The zero-order valence-electron chi connectivity index (χ0n) is 13.5. The summed E-state index contributed by atoms with van der Waals surface area (Å²) in [5.74, 6) is 0. The van der Waals surface area contributed by atoms with E-state index in [2.05, 4.69) is 18.8 Å². The molecule has 24 heavy (non-hydrogen) atoms. The van der Waals surface area contributed by atoms with Gasteiger partial charge in [0, 0.05) is 0 Å². The number of aromatic nitrogens is 2. The highest BCUT2D eigenvalue weighted by Crippen LogP contribution is 2.20. The minimum absolute atomic E-state index is 0.00142. The molecule has 0 aliphatic rings. The highest BCUT2D eigenvalue weighted by molar-refractivity contribution is 7.15. The minimum atomic E-state index is -0.00142. The van der Waals surface area contributed by atoms with Gasteiger partial charge in [-0.3, -0.25) is 4.79 Å². The van der Waals surface area contributed by atoms with Gasteiger partial charge in [0.15, 0.2) is 4.96 Å². The maximum Gasteiger partial charge on any atom is 0.274 e. The number of fused-ring (bicyclic) bond motifs is 3. The summed E-state index contributed by atoms with van der Waals surface area (Å²) in [7, 11) is 0. The zero-order valence-corrected chi connectivity index (χ0v) is 14.3. The van der Waals surface area contributed by atoms with Gasteiger partial charge in [0.05, 0.1) is 15.6 Å². The highest BCUT2D eigenvalue weighted by atomic mass is 32.1. The second kappa shape index (κ2) is 5.73. The number of benzene rings is 2. The molecule has 0 spiro atoms. The molecule has 118 valence electrons. The molecule has 0 unspecified atom stereocenters. The van der Waals surface area contributed by atoms with Crippen molar-refractivity contribution < 1.29 is 0 Å². The monoisotopic (exact) mass is 332 g/mol. The molecule has 2 aromatic heterocycles. The Hall–Kier alpha value is -2.72. The van der Waals surface area contributed by atoms with E-state index in [0.717, 1.165) is 21.6 Å². The van der Waals surface area contributed by atoms with Gasteiger partial charge in [-0.15, -0.1) is 0 Å². The molecular formula is C20H16N2OS. The molecule has 0 bridgehead atoms. The van der Waals surface area contributed by atoms with Crippen molar-refractivity contribution in [3.05, 3.63) is 80.1 Å². The fraction of sp³-hybridized carbons (Fsp3) is 0.100. The van der Waals surface area contributed by atoms with Crippen LogP contribution in [0.3, 0.4) is 0 Å². The van der Waals surface area contributed by atoms with Crippen molar-refractivity contribution in [2.75, 3.05) is 0 Å². The molecule has 2 aromatic carbocycles. The van der Waals surface area contributed by atoms with Gasteiger partial charge < -0.3 is 0 Å². The molecule has 0 saturated heterocycles. The first-order chi connectivity index (χ1) is 11.6. The molecule has 0 saturated carbocycles. The Bertz CT molecular complexity index is 1180. The van der Waals surface area contributed by atoms with E-state index in [1.807, 2.05) is 60.7 Å². The third kappa shape index (κ3) is 2.45. The first kappa shape index (κ1) is 14.8. The van der Waals surface area contributed by atoms with E-state index in [1.54, 1.807) is 4.40 Å². The number of rotatable bonds is 2. The molecule has 4 rings (SSSR count). The van der Waals surface area contributed by atoms with E-state index in [-0.39, 0.29) is 5.56 Å². The van der Waals surface area contributed by atoms with Crippen molar-refractivity contribution in [2.24, 2.45) is 0 Å². The predicted octanol–water partition coefficient (Wildman–Crippen LogP) is 3.74. The van der Waals surface area contributed by atoms with Crippen LogP contribution in [0.2, 0.25) is 0 Å². The number of thiazole rings is 1. The van der Waals surface area contributed by atoms with Crippen molar-refractivity contribution >= 4 is 39.5 Å². The van der Waals surface area contributed by atoms with E-state index in [9.17, 15) is 4.79 Å². The topological polar surface area (TPSA) is 34.4 Å². The Balaban J connectivity index is 1.84. The Kier molecular flexibility index (Phi) is 3.54. The van der Waals surface area contributed by atoms with Crippen LogP contribution in [-0.4, -0.2) is 9.38 Å². The number of aryl methyl sites for hydroxylation is 2. The lowest BCUT2D eigenvalue weighted by Crippen LogP contribution is -2.22. The maximum atomic E-state index is 12.7. The van der Waals surface area contributed by atoms with E-state index >= 15 is 0 Å². The van der Waals surface area contributed by atoms with Crippen LogP contribution in [0, 0.1) is 13.8 Å². The number of nitrogens with zero attached hydrogens (tertiary/aromatic N) is 2. The van der Waals surface area contributed by atoms with Crippen LogP contribution in [-0.2, 0) is 0 Å². The maximum absolute atomic E-state index is 12.7. The van der Waals surface area contributed by atoms with Gasteiger partial charge in [0.1, 0.15) is 0 Å². The average molecular weight is 332 g/mol. The molecule has 3 nitrogen and oxygen atoms in total. The highest BCUT2D eigenvalue weighted by Gasteiger charge is 2.11. The van der Waals surface area contributed by atoms with Gasteiger partial charge in [-0.2, -0.15) is 0 Å². The molecule has 4 aromatic rings.